The minimum Gasteiger partial charge on any atom is -0.339 e. The molecule has 2 aromatic carbocycles. The topological polar surface area (TPSA) is 66.9 Å². The third-order valence-electron chi connectivity index (χ3n) is 3.44. The summed E-state index contributed by atoms with van der Waals surface area (Å²) < 4.78 is 13.2. The molecule has 0 saturated heterocycles. The van der Waals surface area contributed by atoms with Crippen LogP contribution in [0.15, 0.2) is 54.6 Å². The molecule has 1 amide bonds. The summed E-state index contributed by atoms with van der Waals surface area (Å²) >= 11 is 6.08. The molecular formula is C18H14ClFN4O. The summed E-state index contributed by atoms with van der Waals surface area (Å²) in [5.74, 6) is -0.166. The number of carbonyl (C=O) groups excluding carboxylic acids is 1. The number of hydrogen-bond donors (Lipinski definition) is 2. The third kappa shape index (κ3) is 4.30. The molecule has 0 aliphatic heterocycles. The van der Waals surface area contributed by atoms with Crippen molar-refractivity contribution in [3.05, 3.63) is 76.6 Å². The molecule has 1 aromatic heterocycles. The molecule has 0 atom stereocenters. The lowest BCUT2D eigenvalue weighted by Crippen LogP contribution is -2.13. The van der Waals surface area contributed by atoms with Gasteiger partial charge in [0.25, 0.3) is 5.91 Å². The van der Waals surface area contributed by atoms with Gasteiger partial charge in [0.1, 0.15) is 5.82 Å². The van der Waals surface area contributed by atoms with E-state index in [-0.39, 0.29) is 11.4 Å². The van der Waals surface area contributed by atoms with Crippen LogP contribution in [0.2, 0.25) is 5.02 Å². The second-order valence-electron chi connectivity index (χ2n) is 5.36. The first kappa shape index (κ1) is 16.9. The van der Waals surface area contributed by atoms with Gasteiger partial charge in [-0.2, -0.15) is 0 Å². The van der Waals surface area contributed by atoms with Gasteiger partial charge in [-0.05, 0) is 55.0 Å². The van der Waals surface area contributed by atoms with E-state index in [0.717, 1.165) is 17.3 Å². The van der Waals surface area contributed by atoms with Gasteiger partial charge in [0.2, 0.25) is 0 Å². The number of carbonyl (C=O) groups is 1. The number of amides is 1. The molecule has 0 aliphatic carbocycles. The molecule has 0 spiro atoms. The fourth-order valence-corrected chi connectivity index (χ4v) is 2.28. The Morgan fingerprint density at radius 1 is 1.04 bits per heavy atom. The number of benzene rings is 2. The Kier molecular flexibility index (Phi) is 4.90. The molecule has 0 radical (unpaired) electrons. The van der Waals surface area contributed by atoms with Gasteiger partial charge >= 0.3 is 0 Å². The van der Waals surface area contributed by atoms with Crippen molar-refractivity contribution >= 4 is 34.8 Å². The Morgan fingerprint density at radius 2 is 1.80 bits per heavy atom. The number of rotatable bonds is 4. The molecule has 0 unspecified atom stereocenters. The van der Waals surface area contributed by atoms with Gasteiger partial charge in [0, 0.05) is 16.3 Å². The smallest absolute Gasteiger partial charge is 0.256 e. The number of hydrogen-bond acceptors (Lipinski definition) is 4. The van der Waals surface area contributed by atoms with Crippen LogP contribution in [0.25, 0.3) is 0 Å². The summed E-state index contributed by atoms with van der Waals surface area (Å²) in [5.41, 5.74) is 1.97. The molecule has 0 fully saturated rings. The summed E-state index contributed by atoms with van der Waals surface area (Å²) in [6, 6.07) is 14.2. The third-order valence-corrected chi connectivity index (χ3v) is 3.84. The highest BCUT2D eigenvalue weighted by molar-refractivity contribution is 6.31. The van der Waals surface area contributed by atoms with Crippen LogP contribution in [0.3, 0.4) is 0 Å². The van der Waals surface area contributed by atoms with Crippen molar-refractivity contribution < 1.29 is 9.18 Å². The van der Waals surface area contributed by atoms with E-state index < -0.39 is 11.7 Å². The van der Waals surface area contributed by atoms with Crippen LogP contribution in [0.1, 0.15) is 15.9 Å². The maximum atomic E-state index is 13.2. The van der Waals surface area contributed by atoms with E-state index in [9.17, 15) is 9.18 Å². The summed E-state index contributed by atoms with van der Waals surface area (Å²) in [7, 11) is 0. The lowest BCUT2D eigenvalue weighted by Gasteiger charge is -2.08. The Labute approximate surface area is 148 Å². The number of nitrogens with zero attached hydrogens (tertiary/aromatic N) is 2. The van der Waals surface area contributed by atoms with E-state index in [1.165, 1.54) is 18.2 Å². The van der Waals surface area contributed by atoms with Gasteiger partial charge in [0.05, 0.1) is 0 Å². The average Bonchev–Trinajstić information content (AvgIpc) is 2.60. The first-order chi connectivity index (χ1) is 12.0. The first-order valence-electron chi connectivity index (χ1n) is 7.45. The highest BCUT2D eigenvalue weighted by Crippen LogP contribution is 2.22. The Bertz CT molecular complexity index is 915. The lowest BCUT2D eigenvalue weighted by molar-refractivity contribution is 0.102. The van der Waals surface area contributed by atoms with E-state index >= 15 is 0 Å². The highest BCUT2D eigenvalue weighted by Gasteiger charge is 2.08. The summed E-state index contributed by atoms with van der Waals surface area (Å²) in [6.07, 6.45) is 0. The zero-order chi connectivity index (χ0) is 17.8. The van der Waals surface area contributed by atoms with Gasteiger partial charge < -0.3 is 10.6 Å². The van der Waals surface area contributed by atoms with Crippen molar-refractivity contribution in [3.63, 3.8) is 0 Å². The van der Waals surface area contributed by atoms with Gasteiger partial charge in [-0.25, -0.2) is 4.39 Å². The molecule has 5 nitrogen and oxygen atoms in total. The van der Waals surface area contributed by atoms with Crippen LogP contribution in [-0.2, 0) is 0 Å². The van der Waals surface area contributed by atoms with Crippen molar-refractivity contribution in [1.82, 2.24) is 10.2 Å². The Hall–Kier alpha value is -2.99. The second-order valence-corrected chi connectivity index (χ2v) is 5.76. The number of nitrogens with one attached hydrogen (secondary N) is 2. The molecule has 1 heterocycles. The Morgan fingerprint density at radius 3 is 2.48 bits per heavy atom. The van der Waals surface area contributed by atoms with Crippen LogP contribution in [-0.4, -0.2) is 16.1 Å². The van der Waals surface area contributed by atoms with Gasteiger partial charge in [0.15, 0.2) is 11.6 Å². The molecule has 0 saturated carbocycles. The summed E-state index contributed by atoms with van der Waals surface area (Å²) in [5, 5.41) is 14.2. The number of anilines is 3. The SMILES string of the molecule is Cc1ccc(Nc2ccc(NC(=O)c3cccc(F)c3)nn2)cc1Cl. The number of aryl methyl sites for hydroxylation is 1. The largest absolute Gasteiger partial charge is 0.339 e. The lowest BCUT2D eigenvalue weighted by atomic mass is 10.2. The van der Waals surface area contributed by atoms with Crippen molar-refractivity contribution in [2.45, 2.75) is 6.92 Å². The molecular weight excluding hydrogens is 343 g/mol. The number of aromatic nitrogens is 2. The predicted octanol–water partition coefficient (Wildman–Crippen LogP) is 4.57. The number of halogens is 2. The second kappa shape index (κ2) is 7.27. The minimum absolute atomic E-state index is 0.207. The maximum Gasteiger partial charge on any atom is 0.256 e. The zero-order valence-electron chi connectivity index (χ0n) is 13.3. The fraction of sp³-hybridized carbons (Fsp3) is 0.0556. The monoisotopic (exact) mass is 356 g/mol. The quantitative estimate of drug-likeness (QED) is 0.718. The standard InChI is InChI=1S/C18H14ClFN4O/c1-11-5-6-14(10-15(11)19)21-16-7-8-17(24-23-16)22-18(25)12-3-2-4-13(20)9-12/h2-10H,1H3,(H,21,23)(H,22,24,25). The van der Waals surface area contributed by atoms with E-state index in [2.05, 4.69) is 20.8 Å². The predicted molar refractivity (Wildman–Crippen MR) is 95.9 cm³/mol. The van der Waals surface area contributed by atoms with Crippen LogP contribution in [0, 0.1) is 12.7 Å². The molecule has 2 N–H and O–H groups in total. The molecule has 0 bridgehead atoms. The molecule has 0 aliphatic rings. The van der Waals surface area contributed by atoms with E-state index in [1.54, 1.807) is 18.2 Å². The first-order valence-corrected chi connectivity index (χ1v) is 7.83. The van der Waals surface area contributed by atoms with Crippen LogP contribution >= 0.6 is 11.6 Å². The molecule has 126 valence electrons. The van der Waals surface area contributed by atoms with Crippen molar-refractivity contribution in [2.24, 2.45) is 0 Å². The van der Waals surface area contributed by atoms with E-state index in [4.69, 9.17) is 11.6 Å². The normalized spacial score (nSPS) is 10.4. The molecule has 7 heteroatoms. The summed E-state index contributed by atoms with van der Waals surface area (Å²) in [6.45, 7) is 1.92. The van der Waals surface area contributed by atoms with Gasteiger partial charge in [-0.15, -0.1) is 10.2 Å². The van der Waals surface area contributed by atoms with Crippen molar-refractivity contribution in [3.8, 4) is 0 Å². The van der Waals surface area contributed by atoms with E-state index in [0.29, 0.717) is 10.8 Å². The summed E-state index contributed by atoms with van der Waals surface area (Å²) in [4.78, 5) is 12.0. The molecule has 3 rings (SSSR count). The maximum absolute atomic E-state index is 13.2. The fourth-order valence-electron chi connectivity index (χ4n) is 2.10. The van der Waals surface area contributed by atoms with E-state index in [1.807, 2.05) is 19.1 Å². The zero-order valence-corrected chi connectivity index (χ0v) is 14.0. The Balaban J connectivity index is 1.67. The van der Waals surface area contributed by atoms with Gasteiger partial charge in [-0.1, -0.05) is 23.7 Å². The van der Waals surface area contributed by atoms with Gasteiger partial charge in [-0.3, -0.25) is 4.79 Å². The van der Waals surface area contributed by atoms with Crippen molar-refractivity contribution in [1.29, 1.82) is 0 Å². The van der Waals surface area contributed by atoms with Crippen LogP contribution in [0.5, 0.6) is 0 Å². The van der Waals surface area contributed by atoms with Crippen molar-refractivity contribution in [2.75, 3.05) is 10.6 Å². The van der Waals surface area contributed by atoms with Crippen LogP contribution in [0.4, 0.5) is 21.7 Å². The minimum atomic E-state index is -0.477. The molecule has 25 heavy (non-hydrogen) atoms. The highest BCUT2D eigenvalue weighted by atomic mass is 35.5. The molecule has 3 aromatic rings. The average molecular weight is 357 g/mol. The van der Waals surface area contributed by atoms with Crippen LogP contribution < -0.4 is 10.6 Å².